The molecule has 5 heteroatoms. The Morgan fingerprint density at radius 1 is 1.39 bits per heavy atom. The number of benzene rings is 1. The molecule has 1 aromatic rings. The van der Waals surface area contributed by atoms with Crippen molar-refractivity contribution in [1.82, 2.24) is 5.43 Å². The second kappa shape index (κ2) is 3.41. The van der Waals surface area contributed by atoms with Crippen LogP contribution < -0.4 is 10.7 Å². The van der Waals surface area contributed by atoms with E-state index in [1.807, 2.05) is 24.3 Å². The molecule has 0 aromatic heterocycles. The van der Waals surface area contributed by atoms with Gasteiger partial charge in [0.15, 0.2) is 5.54 Å². The zero-order valence-corrected chi connectivity index (χ0v) is 10.2. The van der Waals surface area contributed by atoms with Crippen molar-refractivity contribution < 1.29 is 9.59 Å². The number of ketones is 1. The molecule has 0 bridgehead atoms. The average molecular weight is 243 g/mol. The summed E-state index contributed by atoms with van der Waals surface area (Å²) < 4.78 is 0. The molecule has 2 unspecified atom stereocenters. The van der Waals surface area contributed by atoms with Crippen LogP contribution in [-0.4, -0.2) is 17.4 Å². The van der Waals surface area contributed by atoms with Crippen LogP contribution in [0.2, 0.25) is 0 Å². The minimum absolute atomic E-state index is 0.0619. The highest BCUT2D eigenvalue weighted by Gasteiger charge is 2.58. The molecule has 2 aliphatic heterocycles. The molecule has 1 spiro atoms. The Bertz CT molecular complexity index is 594. The number of amides is 1. The summed E-state index contributed by atoms with van der Waals surface area (Å²) >= 11 is 0. The van der Waals surface area contributed by atoms with Gasteiger partial charge in [0.05, 0.1) is 5.92 Å². The van der Waals surface area contributed by atoms with Gasteiger partial charge in [0, 0.05) is 17.0 Å². The number of para-hydroxylation sites is 1. The quantitative estimate of drug-likeness (QED) is 0.773. The first-order valence-electron chi connectivity index (χ1n) is 5.80. The molecule has 0 saturated heterocycles. The van der Waals surface area contributed by atoms with E-state index in [4.69, 9.17) is 0 Å². The minimum Gasteiger partial charge on any atom is -0.323 e. The maximum absolute atomic E-state index is 12.3. The fraction of sp³-hybridized carbons (Fsp3) is 0.308. The van der Waals surface area contributed by atoms with Gasteiger partial charge < -0.3 is 5.32 Å². The van der Waals surface area contributed by atoms with Crippen LogP contribution in [0.4, 0.5) is 5.69 Å². The van der Waals surface area contributed by atoms with Gasteiger partial charge in [-0.25, -0.2) is 0 Å². The van der Waals surface area contributed by atoms with Crippen LogP contribution in [0.3, 0.4) is 0 Å². The van der Waals surface area contributed by atoms with Crippen LogP contribution in [0.5, 0.6) is 0 Å². The zero-order chi connectivity index (χ0) is 12.9. The highest BCUT2D eigenvalue weighted by atomic mass is 16.2. The van der Waals surface area contributed by atoms with E-state index in [2.05, 4.69) is 15.8 Å². The third-order valence-electron chi connectivity index (χ3n) is 3.62. The highest BCUT2D eigenvalue weighted by molar-refractivity contribution is 6.17. The van der Waals surface area contributed by atoms with E-state index in [-0.39, 0.29) is 11.7 Å². The average Bonchev–Trinajstić information content (AvgIpc) is 2.81. The van der Waals surface area contributed by atoms with E-state index in [0.29, 0.717) is 5.71 Å². The van der Waals surface area contributed by atoms with Crippen LogP contribution in [0.25, 0.3) is 0 Å². The Kier molecular flexibility index (Phi) is 2.08. The second-order valence-corrected chi connectivity index (χ2v) is 4.72. The number of hydrazone groups is 1. The van der Waals surface area contributed by atoms with E-state index in [9.17, 15) is 9.59 Å². The van der Waals surface area contributed by atoms with Gasteiger partial charge in [-0.2, -0.15) is 5.10 Å². The predicted octanol–water partition coefficient (Wildman–Crippen LogP) is 1.02. The van der Waals surface area contributed by atoms with Crippen molar-refractivity contribution in [1.29, 1.82) is 0 Å². The molecule has 0 fully saturated rings. The number of carbonyl (C=O) groups excluding carboxylic acids is 2. The van der Waals surface area contributed by atoms with Gasteiger partial charge in [-0.1, -0.05) is 18.2 Å². The van der Waals surface area contributed by atoms with Gasteiger partial charge in [-0.15, -0.1) is 0 Å². The summed E-state index contributed by atoms with van der Waals surface area (Å²) in [6, 6.07) is 7.38. The SMILES string of the molecule is CC(=O)C1C(C)=NNC12C(=O)Nc1ccccc12. The maximum atomic E-state index is 12.3. The number of carbonyl (C=O) groups is 2. The lowest BCUT2D eigenvalue weighted by Crippen LogP contribution is -2.51. The molecule has 0 saturated carbocycles. The number of rotatable bonds is 1. The molecule has 0 radical (unpaired) electrons. The molecular formula is C13H13N3O2. The molecule has 1 amide bonds. The van der Waals surface area contributed by atoms with Gasteiger partial charge in [0.25, 0.3) is 5.91 Å². The number of anilines is 1. The molecule has 5 nitrogen and oxygen atoms in total. The molecule has 2 N–H and O–H groups in total. The molecule has 2 atom stereocenters. The molecule has 18 heavy (non-hydrogen) atoms. The number of fused-ring (bicyclic) bond motifs is 2. The van der Waals surface area contributed by atoms with Gasteiger partial charge in [0.2, 0.25) is 0 Å². The number of nitrogens with zero attached hydrogens (tertiary/aromatic N) is 1. The first-order valence-corrected chi connectivity index (χ1v) is 5.80. The molecule has 0 aliphatic carbocycles. The van der Waals surface area contributed by atoms with Crippen LogP contribution in [0, 0.1) is 5.92 Å². The van der Waals surface area contributed by atoms with E-state index in [1.165, 1.54) is 6.92 Å². The molecular weight excluding hydrogens is 230 g/mol. The number of hydrogen-bond donors (Lipinski definition) is 2. The Morgan fingerprint density at radius 3 is 2.83 bits per heavy atom. The molecule has 3 rings (SSSR count). The first-order chi connectivity index (χ1) is 8.57. The topological polar surface area (TPSA) is 70.6 Å². The third-order valence-corrected chi connectivity index (χ3v) is 3.62. The molecule has 2 heterocycles. The van der Waals surface area contributed by atoms with Crippen LogP contribution in [0.1, 0.15) is 19.4 Å². The van der Waals surface area contributed by atoms with Gasteiger partial charge >= 0.3 is 0 Å². The number of nitrogens with one attached hydrogen (secondary N) is 2. The highest BCUT2D eigenvalue weighted by Crippen LogP contribution is 2.44. The van der Waals surface area contributed by atoms with Gasteiger partial charge in [-0.05, 0) is 19.9 Å². The van der Waals surface area contributed by atoms with Crippen molar-refractivity contribution in [3.8, 4) is 0 Å². The summed E-state index contributed by atoms with van der Waals surface area (Å²) in [4.78, 5) is 24.2. The first kappa shape index (κ1) is 11.0. The van der Waals surface area contributed by atoms with Crippen molar-refractivity contribution in [2.45, 2.75) is 19.4 Å². The monoisotopic (exact) mass is 243 g/mol. The number of hydrogen-bond acceptors (Lipinski definition) is 4. The summed E-state index contributed by atoms with van der Waals surface area (Å²) in [5, 5.41) is 6.92. The summed E-state index contributed by atoms with van der Waals surface area (Å²) in [6.07, 6.45) is 0. The summed E-state index contributed by atoms with van der Waals surface area (Å²) in [6.45, 7) is 3.26. The summed E-state index contributed by atoms with van der Waals surface area (Å²) in [7, 11) is 0. The van der Waals surface area contributed by atoms with Crippen molar-refractivity contribution in [2.24, 2.45) is 11.0 Å². The van der Waals surface area contributed by atoms with Crippen LogP contribution in [0.15, 0.2) is 29.4 Å². The lowest BCUT2D eigenvalue weighted by Gasteiger charge is -2.27. The van der Waals surface area contributed by atoms with Crippen LogP contribution in [-0.2, 0) is 15.1 Å². The Hall–Kier alpha value is -2.17. The fourth-order valence-corrected chi connectivity index (χ4v) is 2.89. The van der Waals surface area contributed by atoms with Gasteiger partial charge in [-0.3, -0.25) is 15.0 Å². The summed E-state index contributed by atoms with van der Waals surface area (Å²) in [5.41, 5.74) is 3.99. The minimum atomic E-state index is -1.06. The fourth-order valence-electron chi connectivity index (χ4n) is 2.89. The van der Waals surface area contributed by atoms with Crippen molar-refractivity contribution in [3.63, 3.8) is 0 Å². The van der Waals surface area contributed by atoms with E-state index >= 15 is 0 Å². The van der Waals surface area contributed by atoms with Gasteiger partial charge in [0.1, 0.15) is 5.78 Å². The van der Waals surface area contributed by atoms with E-state index in [1.54, 1.807) is 6.92 Å². The smallest absolute Gasteiger partial charge is 0.257 e. The predicted molar refractivity (Wildman–Crippen MR) is 67.2 cm³/mol. The second-order valence-electron chi connectivity index (χ2n) is 4.72. The third kappa shape index (κ3) is 1.13. The zero-order valence-electron chi connectivity index (χ0n) is 10.2. The van der Waals surface area contributed by atoms with Crippen molar-refractivity contribution in [2.75, 3.05) is 5.32 Å². The lowest BCUT2D eigenvalue weighted by molar-refractivity contribution is -0.129. The molecule has 1 aromatic carbocycles. The largest absolute Gasteiger partial charge is 0.323 e. The summed E-state index contributed by atoms with van der Waals surface area (Å²) in [5.74, 6) is -0.821. The van der Waals surface area contributed by atoms with Crippen molar-refractivity contribution in [3.05, 3.63) is 29.8 Å². The Balaban J connectivity index is 2.22. The van der Waals surface area contributed by atoms with E-state index < -0.39 is 11.5 Å². The number of Topliss-reactive ketones (excluding diaryl/α,β-unsaturated/α-hetero) is 1. The van der Waals surface area contributed by atoms with E-state index in [0.717, 1.165) is 11.3 Å². The normalized spacial score (nSPS) is 28.7. The lowest BCUT2D eigenvalue weighted by atomic mass is 9.76. The maximum Gasteiger partial charge on any atom is 0.257 e. The standard InChI is InChI=1S/C13H13N3O2/c1-7-11(8(2)17)13(16-15-7)9-5-3-4-6-10(9)14-12(13)18/h3-6,11,16H,1-2H3,(H,14,18). The molecule has 2 aliphatic rings. The molecule has 92 valence electrons. The Morgan fingerprint density at radius 2 is 2.11 bits per heavy atom. The van der Waals surface area contributed by atoms with Crippen molar-refractivity contribution >= 4 is 23.1 Å². The van der Waals surface area contributed by atoms with Crippen LogP contribution >= 0.6 is 0 Å². The Labute approximate surface area is 104 Å².